The monoisotopic (exact) mass is 405 g/mol. The molecule has 0 aliphatic heterocycles. The number of benzene rings is 2. The lowest BCUT2D eigenvalue weighted by Crippen LogP contribution is -2.28. The first-order valence-corrected chi connectivity index (χ1v) is 10.7. The van der Waals surface area contributed by atoms with Gasteiger partial charge in [-0.3, -0.25) is 9.59 Å². The zero-order valence-corrected chi connectivity index (χ0v) is 17.1. The molecule has 0 radical (unpaired) electrons. The molecule has 0 bridgehead atoms. The molecule has 3 aromatic rings. The molecule has 0 saturated heterocycles. The quantitative estimate of drug-likeness (QED) is 0.606. The van der Waals surface area contributed by atoms with Gasteiger partial charge in [0.05, 0.1) is 21.9 Å². The van der Waals surface area contributed by atoms with Crippen LogP contribution in [0.5, 0.6) is 0 Å². The number of para-hydroxylation sites is 1. The van der Waals surface area contributed by atoms with E-state index in [4.69, 9.17) is 0 Å². The molecule has 6 heteroatoms. The van der Waals surface area contributed by atoms with Crippen LogP contribution < -0.4 is 5.32 Å². The van der Waals surface area contributed by atoms with Crippen LogP contribution in [0.1, 0.15) is 28.8 Å². The van der Waals surface area contributed by atoms with E-state index in [9.17, 15) is 9.59 Å². The summed E-state index contributed by atoms with van der Waals surface area (Å²) < 4.78 is 0. The van der Waals surface area contributed by atoms with Crippen molar-refractivity contribution in [3.8, 4) is 0 Å². The van der Waals surface area contributed by atoms with E-state index in [1.165, 1.54) is 11.8 Å². The van der Waals surface area contributed by atoms with Crippen LogP contribution in [-0.4, -0.2) is 40.5 Å². The SMILES string of the molecule is CN(Cc1ccccc1)C(=O)CSc1cc(C(=O)NC2CC2)c2ccccc2n1. The molecule has 1 aromatic heterocycles. The Labute approximate surface area is 174 Å². The van der Waals surface area contributed by atoms with Crippen LogP contribution in [0, 0.1) is 0 Å². The number of carbonyl (C=O) groups excluding carboxylic acids is 2. The maximum Gasteiger partial charge on any atom is 0.252 e. The highest BCUT2D eigenvalue weighted by atomic mass is 32.2. The lowest BCUT2D eigenvalue weighted by Gasteiger charge is -2.17. The minimum atomic E-state index is -0.0690. The van der Waals surface area contributed by atoms with Crippen molar-refractivity contribution in [2.45, 2.75) is 30.5 Å². The van der Waals surface area contributed by atoms with E-state index in [1.54, 1.807) is 18.0 Å². The van der Waals surface area contributed by atoms with Gasteiger partial charge in [-0.1, -0.05) is 60.3 Å². The molecule has 1 aliphatic carbocycles. The number of fused-ring (bicyclic) bond motifs is 1. The Morgan fingerprint density at radius 3 is 2.59 bits per heavy atom. The molecule has 2 aromatic carbocycles. The molecule has 1 fully saturated rings. The lowest BCUT2D eigenvalue weighted by molar-refractivity contribution is -0.127. The highest BCUT2D eigenvalue weighted by molar-refractivity contribution is 7.99. The van der Waals surface area contributed by atoms with Crippen LogP contribution in [-0.2, 0) is 11.3 Å². The number of rotatable bonds is 7. The van der Waals surface area contributed by atoms with Gasteiger partial charge in [0.1, 0.15) is 0 Å². The summed E-state index contributed by atoms with van der Waals surface area (Å²) in [5.41, 5.74) is 2.48. The Hall–Kier alpha value is -2.86. The van der Waals surface area contributed by atoms with E-state index < -0.39 is 0 Å². The van der Waals surface area contributed by atoms with Gasteiger partial charge >= 0.3 is 0 Å². The Balaban J connectivity index is 1.47. The number of carbonyl (C=O) groups is 2. The van der Waals surface area contributed by atoms with Gasteiger partial charge in [-0.15, -0.1) is 0 Å². The molecule has 148 valence electrons. The Morgan fingerprint density at radius 1 is 1.10 bits per heavy atom. The first-order valence-electron chi connectivity index (χ1n) is 9.71. The average molecular weight is 406 g/mol. The van der Waals surface area contributed by atoms with Crippen molar-refractivity contribution in [3.63, 3.8) is 0 Å². The number of hydrogen-bond acceptors (Lipinski definition) is 4. The third-order valence-electron chi connectivity index (χ3n) is 4.88. The van der Waals surface area contributed by atoms with Gasteiger partial charge in [-0.05, 0) is 30.5 Å². The van der Waals surface area contributed by atoms with Crippen molar-refractivity contribution in [1.82, 2.24) is 15.2 Å². The topological polar surface area (TPSA) is 62.3 Å². The van der Waals surface area contributed by atoms with E-state index in [1.807, 2.05) is 54.6 Å². The summed E-state index contributed by atoms with van der Waals surface area (Å²) in [5, 5.41) is 4.57. The van der Waals surface area contributed by atoms with E-state index in [2.05, 4.69) is 10.3 Å². The van der Waals surface area contributed by atoms with E-state index in [0.29, 0.717) is 23.2 Å². The predicted octanol–water partition coefficient (Wildman–Crippen LogP) is 3.88. The van der Waals surface area contributed by atoms with Gasteiger partial charge in [-0.25, -0.2) is 4.98 Å². The summed E-state index contributed by atoms with van der Waals surface area (Å²) in [6.45, 7) is 0.570. The Kier molecular flexibility index (Phi) is 5.81. The van der Waals surface area contributed by atoms with Crippen molar-refractivity contribution in [2.24, 2.45) is 0 Å². The fourth-order valence-corrected chi connectivity index (χ4v) is 3.95. The summed E-state index contributed by atoms with van der Waals surface area (Å²) in [4.78, 5) is 31.6. The van der Waals surface area contributed by atoms with Crippen LogP contribution in [0.3, 0.4) is 0 Å². The van der Waals surface area contributed by atoms with Gasteiger partial charge in [0.15, 0.2) is 0 Å². The molecular weight excluding hydrogens is 382 g/mol. The van der Waals surface area contributed by atoms with E-state index in [-0.39, 0.29) is 17.6 Å². The number of nitrogens with one attached hydrogen (secondary N) is 1. The molecule has 0 spiro atoms. The fourth-order valence-electron chi connectivity index (χ4n) is 3.10. The second-order valence-electron chi connectivity index (χ2n) is 7.30. The highest BCUT2D eigenvalue weighted by Gasteiger charge is 2.25. The first kappa shape index (κ1) is 19.5. The van der Waals surface area contributed by atoms with Crippen LogP contribution in [0.15, 0.2) is 65.7 Å². The molecule has 0 atom stereocenters. The second kappa shape index (κ2) is 8.66. The molecule has 1 N–H and O–H groups in total. The fraction of sp³-hybridized carbons (Fsp3) is 0.261. The van der Waals surface area contributed by atoms with Crippen LogP contribution in [0.25, 0.3) is 10.9 Å². The Bertz CT molecular complexity index is 1030. The molecule has 4 rings (SSSR count). The number of nitrogens with zero attached hydrogens (tertiary/aromatic N) is 2. The third-order valence-corrected chi connectivity index (χ3v) is 5.78. The number of thioether (sulfide) groups is 1. The minimum Gasteiger partial charge on any atom is -0.349 e. The number of aromatic nitrogens is 1. The summed E-state index contributed by atoms with van der Waals surface area (Å²) in [6, 6.07) is 19.6. The molecule has 2 amide bonds. The number of amides is 2. The zero-order chi connectivity index (χ0) is 20.2. The second-order valence-corrected chi connectivity index (χ2v) is 8.29. The Morgan fingerprint density at radius 2 is 1.83 bits per heavy atom. The molecular formula is C23H23N3O2S. The highest BCUT2D eigenvalue weighted by Crippen LogP contribution is 2.26. The smallest absolute Gasteiger partial charge is 0.252 e. The van der Waals surface area contributed by atoms with E-state index in [0.717, 1.165) is 29.3 Å². The van der Waals surface area contributed by atoms with Gasteiger partial charge in [0, 0.05) is 25.0 Å². The van der Waals surface area contributed by atoms with Gasteiger partial charge < -0.3 is 10.2 Å². The zero-order valence-electron chi connectivity index (χ0n) is 16.3. The molecule has 1 saturated carbocycles. The average Bonchev–Trinajstić information content (AvgIpc) is 3.56. The molecule has 5 nitrogen and oxygen atoms in total. The van der Waals surface area contributed by atoms with Gasteiger partial charge in [0.25, 0.3) is 5.91 Å². The van der Waals surface area contributed by atoms with Crippen molar-refractivity contribution >= 4 is 34.5 Å². The first-order chi connectivity index (χ1) is 14.1. The van der Waals surface area contributed by atoms with Crippen molar-refractivity contribution in [2.75, 3.05) is 12.8 Å². The van der Waals surface area contributed by atoms with Crippen molar-refractivity contribution in [1.29, 1.82) is 0 Å². The van der Waals surface area contributed by atoms with Crippen LogP contribution >= 0.6 is 11.8 Å². The maximum absolute atomic E-state index is 12.7. The maximum atomic E-state index is 12.7. The molecule has 0 unspecified atom stereocenters. The van der Waals surface area contributed by atoms with Gasteiger partial charge in [0.2, 0.25) is 5.91 Å². The largest absolute Gasteiger partial charge is 0.349 e. The summed E-state index contributed by atoms with van der Waals surface area (Å²) >= 11 is 1.37. The van der Waals surface area contributed by atoms with Gasteiger partial charge in [-0.2, -0.15) is 0 Å². The predicted molar refractivity (Wildman–Crippen MR) is 116 cm³/mol. The normalized spacial score (nSPS) is 13.3. The van der Waals surface area contributed by atoms with Crippen molar-refractivity contribution in [3.05, 3.63) is 71.8 Å². The van der Waals surface area contributed by atoms with Crippen LogP contribution in [0.4, 0.5) is 0 Å². The minimum absolute atomic E-state index is 0.0257. The van der Waals surface area contributed by atoms with Crippen molar-refractivity contribution < 1.29 is 9.59 Å². The summed E-state index contributed by atoms with van der Waals surface area (Å²) in [5.74, 6) is 0.233. The lowest BCUT2D eigenvalue weighted by atomic mass is 10.1. The third kappa shape index (κ3) is 4.95. The molecule has 29 heavy (non-hydrogen) atoms. The van der Waals surface area contributed by atoms with Crippen LogP contribution in [0.2, 0.25) is 0 Å². The standard InChI is InChI=1S/C23H23N3O2S/c1-26(14-16-7-3-2-4-8-16)22(27)15-29-21-13-19(23(28)24-17-11-12-17)18-9-5-6-10-20(18)25-21/h2-10,13,17H,11-12,14-15H2,1H3,(H,24,28). The number of pyridine rings is 1. The molecule has 1 heterocycles. The molecule has 1 aliphatic rings. The summed E-state index contributed by atoms with van der Waals surface area (Å²) in [7, 11) is 1.80. The summed E-state index contributed by atoms with van der Waals surface area (Å²) in [6.07, 6.45) is 2.08. The van der Waals surface area contributed by atoms with E-state index >= 15 is 0 Å². The number of hydrogen-bond donors (Lipinski definition) is 1.